The van der Waals surface area contributed by atoms with Crippen LogP contribution in [0.25, 0.3) is 0 Å². The number of carbonyl (C=O) groups excluding carboxylic acids is 2. The maximum Gasteiger partial charge on any atom is 0.338 e. The normalized spacial score (nSPS) is 16.5. The molecule has 1 rings (SSSR count). The largest absolute Gasteiger partial charge is 0.462 e. The number of ether oxygens (including phenoxy) is 2. The highest BCUT2D eigenvalue weighted by molar-refractivity contribution is 6.02. The second-order valence-electron chi connectivity index (χ2n) is 7.40. The van der Waals surface area contributed by atoms with Gasteiger partial charge in [-0.3, -0.25) is 0 Å². The van der Waals surface area contributed by atoms with Gasteiger partial charge in [-0.2, -0.15) is 0 Å². The molecule has 0 aromatic rings. The maximum atomic E-state index is 12.5. The lowest BCUT2D eigenvalue weighted by molar-refractivity contribution is -0.142. The standard InChI is InChI=1S/C21H34O4/c1-5-7-9-15-24-19(22)17-11-13-21(3,4)14-12-18(17)20(23)25-16-10-8-6-2/h11,13H,5-10,12,14-16H2,1-4H3. The van der Waals surface area contributed by atoms with E-state index in [-0.39, 0.29) is 11.4 Å². The molecular formula is C21H34O4. The van der Waals surface area contributed by atoms with Gasteiger partial charge in [0.05, 0.1) is 24.4 Å². The van der Waals surface area contributed by atoms with Crippen LogP contribution in [0.1, 0.15) is 79.1 Å². The molecular weight excluding hydrogens is 316 g/mol. The highest BCUT2D eigenvalue weighted by atomic mass is 16.5. The summed E-state index contributed by atoms with van der Waals surface area (Å²) in [6.45, 7) is 9.21. The maximum absolute atomic E-state index is 12.5. The number of rotatable bonds is 10. The Bertz CT molecular complexity index is 500. The highest BCUT2D eigenvalue weighted by Gasteiger charge is 2.27. The minimum atomic E-state index is -0.412. The van der Waals surface area contributed by atoms with Gasteiger partial charge in [-0.25, -0.2) is 9.59 Å². The van der Waals surface area contributed by atoms with Crippen molar-refractivity contribution in [3.8, 4) is 0 Å². The van der Waals surface area contributed by atoms with Gasteiger partial charge in [0.2, 0.25) is 0 Å². The summed E-state index contributed by atoms with van der Waals surface area (Å²) >= 11 is 0. The van der Waals surface area contributed by atoms with Crippen molar-refractivity contribution in [1.29, 1.82) is 0 Å². The second kappa shape index (κ2) is 11.1. The van der Waals surface area contributed by atoms with Crippen LogP contribution < -0.4 is 0 Å². The zero-order chi connectivity index (χ0) is 18.7. The summed E-state index contributed by atoms with van der Waals surface area (Å²) in [7, 11) is 0. The third-order valence-electron chi connectivity index (χ3n) is 4.47. The van der Waals surface area contributed by atoms with Gasteiger partial charge >= 0.3 is 11.9 Å². The van der Waals surface area contributed by atoms with E-state index in [0.717, 1.165) is 44.9 Å². The molecule has 0 bridgehead atoms. The van der Waals surface area contributed by atoms with Crippen molar-refractivity contribution in [3.05, 3.63) is 23.3 Å². The van der Waals surface area contributed by atoms with Crippen LogP contribution in [0.5, 0.6) is 0 Å². The topological polar surface area (TPSA) is 52.6 Å². The zero-order valence-corrected chi connectivity index (χ0v) is 16.4. The van der Waals surface area contributed by atoms with Crippen LogP contribution >= 0.6 is 0 Å². The second-order valence-corrected chi connectivity index (χ2v) is 7.40. The first-order valence-electron chi connectivity index (χ1n) is 9.68. The SMILES string of the molecule is CCCCCOC(=O)C1=C(C(=O)OCCCCC)CCC(C)(C)C=C1. The molecule has 4 nitrogen and oxygen atoms in total. The third-order valence-corrected chi connectivity index (χ3v) is 4.47. The van der Waals surface area contributed by atoms with Crippen LogP contribution in [0.4, 0.5) is 0 Å². The predicted octanol–water partition coefficient (Wildman–Crippen LogP) is 5.13. The summed E-state index contributed by atoms with van der Waals surface area (Å²) < 4.78 is 10.8. The molecule has 0 aliphatic heterocycles. The molecule has 0 atom stereocenters. The lowest BCUT2D eigenvalue weighted by Crippen LogP contribution is -2.17. The zero-order valence-electron chi connectivity index (χ0n) is 16.4. The van der Waals surface area contributed by atoms with Gasteiger partial charge in [0, 0.05) is 0 Å². The summed E-state index contributed by atoms with van der Waals surface area (Å²) in [5.41, 5.74) is 0.763. The van der Waals surface area contributed by atoms with Crippen LogP contribution in [0, 0.1) is 5.41 Å². The molecule has 0 aromatic carbocycles. The molecule has 4 heteroatoms. The van der Waals surface area contributed by atoms with Crippen LogP contribution in [-0.4, -0.2) is 25.2 Å². The lowest BCUT2D eigenvalue weighted by Gasteiger charge is -2.18. The van der Waals surface area contributed by atoms with Crippen LogP contribution in [0.3, 0.4) is 0 Å². The minimum absolute atomic E-state index is 0.0576. The Balaban J connectivity index is 2.83. The van der Waals surface area contributed by atoms with Crippen molar-refractivity contribution < 1.29 is 19.1 Å². The van der Waals surface area contributed by atoms with Crippen LogP contribution in [0.15, 0.2) is 23.3 Å². The highest BCUT2D eigenvalue weighted by Crippen LogP contribution is 2.32. The molecule has 0 aromatic heterocycles. The number of unbranched alkanes of at least 4 members (excludes halogenated alkanes) is 4. The van der Waals surface area contributed by atoms with E-state index in [1.54, 1.807) is 6.08 Å². The van der Waals surface area contributed by atoms with E-state index in [2.05, 4.69) is 27.7 Å². The predicted molar refractivity (Wildman–Crippen MR) is 100 cm³/mol. The number of esters is 2. The molecule has 0 N–H and O–H groups in total. The van der Waals surface area contributed by atoms with E-state index in [1.165, 1.54) is 0 Å². The van der Waals surface area contributed by atoms with E-state index >= 15 is 0 Å². The van der Waals surface area contributed by atoms with Gasteiger partial charge < -0.3 is 9.47 Å². The first-order valence-corrected chi connectivity index (χ1v) is 9.68. The van der Waals surface area contributed by atoms with Crippen LogP contribution in [0.2, 0.25) is 0 Å². The molecule has 25 heavy (non-hydrogen) atoms. The third kappa shape index (κ3) is 7.89. The van der Waals surface area contributed by atoms with Crippen molar-refractivity contribution in [2.75, 3.05) is 13.2 Å². The van der Waals surface area contributed by atoms with E-state index in [0.29, 0.717) is 30.8 Å². The summed E-state index contributed by atoms with van der Waals surface area (Å²) in [4.78, 5) is 25.0. The van der Waals surface area contributed by atoms with Crippen molar-refractivity contribution in [2.45, 2.75) is 79.1 Å². The number of allylic oxidation sites excluding steroid dienone is 1. The Morgan fingerprint density at radius 1 is 0.960 bits per heavy atom. The minimum Gasteiger partial charge on any atom is -0.462 e. The monoisotopic (exact) mass is 350 g/mol. The molecule has 1 aliphatic rings. The molecule has 1 aliphatic carbocycles. The lowest BCUT2D eigenvalue weighted by atomic mass is 9.87. The fourth-order valence-electron chi connectivity index (χ4n) is 2.68. The van der Waals surface area contributed by atoms with E-state index in [9.17, 15) is 9.59 Å². The Hall–Kier alpha value is -1.58. The first-order chi connectivity index (χ1) is 11.9. The van der Waals surface area contributed by atoms with E-state index in [1.807, 2.05) is 6.08 Å². The van der Waals surface area contributed by atoms with Gasteiger partial charge in [-0.1, -0.05) is 65.5 Å². The summed E-state index contributed by atoms with van der Waals surface area (Å²) in [6, 6.07) is 0. The molecule has 0 fully saturated rings. The molecule has 0 radical (unpaired) electrons. The number of hydrogen-bond acceptors (Lipinski definition) is 4. The molecule has 0 amide bonds. The average Bonchev–Trinajstić information content (AvgIpc) is 2.73. The van der Waals surface area contributed by atoms with Gasteiger partial charge in [-0.15, -0.1) is 0 Å². The fourth-order valence-corrected chi connectivity index (χ4v) is 2.68. The Labute approximate surface area is 152 Å². The van der Waals surface area contributed by atoms with Crippen molar-refractivity contribution in [3.63, 3.8) is 0 Å². The summed E-state index contributed by atoms with van der Waals surface area (Å²) in [5.74, 6) is -0.787. The van der Waals surface area contributed by atoms with Crippen molar-refractivity contribution in [2.24, 2.45) is 5.41 Å². The van der Waals surface area contributed by atoms with Gasteiger partial charge in [0.15, 0.2) is 0 Å². The Morgan fingerprint density at radius 2 is 1.52 bits per heavy atom. The number of carbonyl (C=O) groups is 2. The molecule has 0 spiro atoms. The average molecular weight is 350 g/mol. The quantitative estimate of drug-likeness (QED) is 0.405. The van der Waals surface area contributed by atoms with Gasteiger partial charge in [0.1, 0.15) is 0 Å². The molecule has 0 saturated heterocycles. The van der Waals surface area contributed by atoms with Crippen molar-refractivity contribution >= 4 is 11.9 Å². The molecule has 0 heterocycles. The molecule has 0 unspecified atom stereocenters. The Morgan fingerprint density at radius 3 is 2.08 bits per heavy atom. The smallest absolute Gasteiger partial charge is 0.338 e. The molecule has 142 valence electrons. The summed E-state index contributed by atoms with van der Waals surface area (Å²) in [6.07, 6.45) is 11.0. The van der Waals surface area contributed by atoms with Gasteiger partial charge in [-0.05, 0) is 31.1 Å². The Kier molecular flexibility index (Phi) is 9.54. The van der Waals surface area contributed by atoms with Crippen molar-refractivity contribution in [1.82, 2.24) is 0 Å². The van der Waals surface area contributed by atoms with Gasteiger partial charge in [0.25, 0.3) is 0 Å². The van der Waals surface area contributed by atoms with E-state index in [4.69, 9.17) is 9.47 Å². The van der Waals surface area contributed by atoms with Crippen LogP contribution in [-0.2, 0) is 19.1 Å². The summed E-state index contributed by atoms with van der Waals surface area (Å²) in [5, 5.41) is 0. The van der Waals surface area contributed by atoms with E-state index < -0.39 is 5.97 Å². The molecule has 0 saturated carbocycles. The fraction of sp³-hybridized carbons (Fsp3) is 0.714. The number of hydrogen-bond donors (Lipinski definition) is 0. The first kappa shape index (κ1) is 21.5.